The van der Waals surface area contributed by atoms with Crippen LogP contribution in [0.4, 0.5) is 0 Å². The highest BCUT2D eigenvalue weighted by Gasteiger charge is 2.47. The van der Waals surface area contributed by atoms with E-state index < -0.39 is 36.2 Å². The molecule has 136 valence electrons. The SMILES string of the molecule is C=C1C(=O)OC2C=C(C)CCC=C(C)C(O)C(OC(=O)C(C)=CC)C12. The van der Waals surface area contributed by atoms with Gasteiger partial charge in [0, 0.05) is 11.1 Å². The van der Waals surface area contributed by atoms with Crippen molar-refractivity contribution in [1.29, 1.82) is 0 Å². The van der Waals surface area contributed by atoms with Gasteiger partial charge in [0.1, 0.15) is 18.3 Å². The van der Waals surface area contributed by atoms with Crippen LogP contribution in [0, 0.1) is 5.92 Å². The van der Waals surface area contributed by atoms with Gasteiger partial charge in [-0.2, -0.15) is 0 Å². The van der Waals surface area contributed by atoms with Gasteiger partial charge in [0.05, 0.1) is 5.92 Å². The number of esters is 2. The molecule has 0 saturated carbocycles. The summed E-state index contributed by atoms with van der Waals surface area (Å²) < 4.78 is 11.0. The lowest BCUT2D eigenvalue weighted by Crippen LogP contribution is -2.42. The smallest absolute Gasteiger partial charge is 0.334 e. The molecular weight excluding hydrogens is 320 g/mol. The molecule has 4 unspecified atom stereocenters. The Morgan fingerprint density at radius 2 is 2.12 bits per heavy atom. The van der Waals surface area contributed by atoms with E-state index in [9.17, 15) is 14.7 Å². The van der Waals surface area contributed by atoms with E-state index in [-0.39, 0.29) is 5.57 Å². The molecule has 0 spiro atoms. The van der Waals surface area contributed by atoms with Gasteiger partial charge in [-0.05, 0) is 52.2 Å². The second kappa shape index (κ2) is 7.83. The molecule has 25 heavy (non-hydrogen) atoms. The van der Waals surface area contributed by atoms with E-state index in [1.165, 1.54) is 0 Å². The summed E-state index contributed by atoms with van der Waals surface area (Å²) >= 11 is 0. The maximum absolute atomic E-state index is 12.3. The number of hydrogen-bond acceptors (Lipinski definition) is 5. The van der Waals surface area contributed by atoms with Crippen LogP contribution in [0.3, 0.4) is 0 Å². The normalized spacial score (nSPS) is 30.8. The summed E-state index contributed by atoms with van der Waals surface area (Å²) in [6, 6.07) is 0. The molecule has 5 heteroatoms. The molecule has 1 aliphatic heterocycles. The Hall–Kier alpha value is -2.14. The molecule has 4 atom stereocenters. The minimum Gasteiger partial charge on any atom is -0.455 e. The van der Waals surface area contributed by atoms with Crippen molar-refractivity contribution >= 4 is 11.9 Å². The number of carbonyl (C=O) groups excluding carboxylic acids is 2. The maximum Gasteiger partial charge on any atom is 0.334 e. The highest BCUT2D eigenvalue weighted by molar-refractivity contribution is 5.92. The first kappa shape index (κ1) is 19.2. The summed E-state index contributed by atoms with van der Waals surface area (Å²) in [5.74, 6) is -1.66. The van der Waals surface area contributed by atoms with Crippen LogP contribution in [-0.2, 0) is 19.1 Å². The fraction of sp³-hybridized carbons (Fsp3) is 0.500. The molecule has 1 fully saturated rings. The molecule has 0 radical (unpaired) electrons. The third-order valence-electron chi connectivity index (χ3n) is 4.85. The van der Waals surface area contributed by atoms with E-state index >= 15 is 0 Å². The molecule has 0 bridgehead atoms. The number of carbonyl (C=O) groups is 2. The van der Waals surface area contributed by atoms with Crippen molar-refractivity contribution in [3.05, 3.63) is 47.1 Å². The van der Waals surface area contributed by atoms with Gasteiger partial charge in [-0.1, -0.05) is 24.3 Å². The first-order valence-corrected chi connectivity index (χ1v) is 8.52. The van der Waals surface area contributed by atoms with E-state index in [4.69, 9.17) is 9.47 Å². The summed E-state index contributed by atoms with van der Waals surface area (Å²) in [5.41, 5.74) is 2.44. The first-order chi connectivity index (χ1) is 11.8. The Morgan fingerprint density at radius 3 is 2.76 bits per heavy atom. The van der Waals surface area contributed by atoms with Crippen LogP contribution in [0.5, 0.6) is 0 Å². The van der Waals surface area contributed by atoms with Gasteiger partial charge in [-0.15, -0.1) is 0 Å². The number of hydrogen-bond donors (Lipinski definition) is 1. The lowest BCUT2D eigenvalue weighted by Gasteiger charge is -2.31. The predicted molar refractivity (Wildman–Crippen MR) is 94.6 cm³/mol. The second-order valence-electron chi connectivity index (χ2n) is 6.71. The summed E-state index contributed by atoms with van der Waals surface area (Å²) in [4.78, 5) is 24.3. The summed E-state index contributed by atoms with van der Waals surface area (Å²) in [6.45, 7) is 11.0. The van der Waals surface area contributed by atoms with Crippen molar-refractivity contribution in [2.75, 3.05) is 0 Å². The fourth-order valence-electron chi connectivity index (χ4n) is 3.07. The Bertz CT molecular complexity index is 668. The van der Waals surface area contributed by atoms with Crippen LogP contribution in [0.25, 0.3) is 0 Å². The van der Waals surface area contributed by atoms with Crippen molar-refractivity contribution in [3.63, 3.8) is 0 Å². The molecule has 0 aromatic heterocycles. The third-order valence-corrected chi connectivity index (χ3v) is 4.85. The Morgan fingerprint density at radius 1 is 1.44 bits per heavy atom. The molecule has 5 nitrogen and oxygen atoms in total. The lowest BCUT2D eigenvalue weighted by molar-refractivity contribution is -0.153. The fourth-order valence-corrected chi connectivity index (χ4v) is 3.07. The topological polar surface area (TPSA) is 72.8 Å². The van der Waals surface area contributed by atoms with Crippen molar-refractivity contribution in [3.8, 4) is 0 Å². The van der Waals surface area contributed by atoms with Gasteiger partial charge in [-0.3, -0.25) is 0 Å². The van der Waals surface area contributed by atoms with Crippen LogP contribution in [0.15, 0.2) is 47.1 Å². The van der Waals surface area contributed by atoms with Gasteiger partial charge in [0.2, 0.25) is 0 Å². The highest BCUT2D eigenvalue weighted by Crippen LogP contribution is 2.36. The Kier molecular flexibility index (Phi) is 6.01. The van der Waals surface area contributed by atoms with E-state index in [0.717, 1.165) is 18.4 Å². The predicted octanol–water partition coefficient (Wildman–Crippen LogP) is 3.01. The molecule has 1 saturated heterocycles. The molecule has 2 rings (SSSR count). The van der Waals surface area contributed by atoms with Gasteiger partial charge in [0.15, 0.2) is 0 Å². The van der Waals surface area contributed by atoms with Crippen molar-refractivity contribution in [2.24, 2.45) is 5.92 Å². The average Bonchev–Trinajstić information content (AvgIpc) is 2.84. The van der Waals surface area contributed by atoms with Crippen LogP contribution >= 0.6 is 0 Å². The highest BCUT2D eigenvalue weighted by atomic mass is 16.6. The number of aliphatic hydroxyl groups excluding tert-OH is 1. The van der Waals surface area contributed by atoms with Gasteiger partial charge < -0.3 is 14.6 Å². The first-order valence-electron chi connectivity index (χ1n) is 8.52. The number of ether oxygens (including phenoxy) is 2. The van der Waals surface area contributed by atoms with Crippen LogP contribution in [0.2, 0.25) is 0 Å². The van der Waals surface area contributed by atoms with Crippen LogP contribution < -0.4 is 0 Å². The number of rotatable bonds is 2. The zero-order chi connectivity index (χ0) is 18.7. The zero-order valence-electron chi connectivity index (χ0n) is 15.2. The van der Waals surface area contributed by atoms with Crippen molar-refractivity contribution in [1.82, 2.24) is 0 Å². The minimum atomic E-state index is -1.03. The van der Waals surface area contributed by atoms with Crippen molar-refractivity contribution in [2.45, 2.75) is 58.8 Å². The Balaban J connectivity index is 2.47. The number of fused-ring (bicyclic) bond motifs is 1. The molecule has 0 aromatic rings. The molecule has 0 amide bonds. The summed E-state index contributed by atoms with van der Waals surface area (Å²) in [6.07, 6.45) is 4.45. The third kappa shape index (κ3) is 4.10. The van der Waals surface area contributed by atoms with Crippen LogP contribution in [-0.4, -0.2) is 35.4 Å². The monoisotopic (exact) mass is 346 g/mol. The molecule has 1 heterocycles. The molecule has 1 N–H and O–H groups in total. The van der Waals surface area contributed by atoms with E-state index in [2.05, 4.69) is 6.58 Å². The maximum atomic E-state index is 12.3. The molecule has 2 aliphatic rings. The van der Waals surface area contributed by atoms with Gasteiger partial charge in [-0.25, -0.2) is 9.59 Å². The summed E-state index contributed by atoms with van der Waals surface area (Å²) in [7, 11) is 0. The summed E-state index contributed by atoms with van der Waals surface area (Å²) in [5, 5.41) is 10.8. The minimum absolute atomic E-state index is 0.220. The largest absolute Gasteiger partial charge is 0.455 e. The standard InChI is InChI=1S/C20H26O5/c1-6-12(3)19(22)25-18-16-14(5)20(23)24-15(16)10-11(2)8-7-9-13(4)17(18)21/h6,9-10,15-18,21H,5,7-8H2,1-4H3. The second-order valence-corrected chi connectivity index (χ2v) is 6.71. The number of aliphatic hydroxyl groups is 1. The van der Waals surface area contributed by atoms with E-state index in [1.54, 1.807) is 26.8 Å². The average molecular weight is 346 g/mol. The zero-order valence-corrected chi connectivity index (χ0v) is 15.2. The van der Waals surface area contributed by atoms with Gasteiger partial charge >= 0.3 is 11.9 Å². The molecular formula is C20H26O5. The van der Waals surface area contributed by atoms with E-state index in [0.29, 0.717) is 11.1 Å². The van der Waals surface area contributed by atoms with Crippen molar-refractivity contribution < 1.29 is 24.2 Å². The molecule has 1 aliphatic carbocycles. The lowest BCUT2D eigenvalue weighted by atomic mass is 9.84. The quantitative estimate of drug-likeness (QED) is 0.473. The Labute approximate surface area is 148 Å². The molecule has 0 aromatic carbocycles. The van der Waals surface area contributed by atoms with Crippen LogP contribution in [0.1, 0.15) is 40.5 Å². The number of allylic oxidation sites excluding steroid dienone is 3. The van der Waals surface area contributed by atoms with E-state index in [1.807, 2.05) is 19.1 Å². The van der Waals surface area contributed by atoms with Gasteiger partial charge in [0.25, 0.3) is 0 Å².